The van der Waals surface area contributed by atoms with Gasteiger partial charge in [-0.15, -0.1) is 11.8 Å². The lowest BCUT2D eigenvalue weighted by atomic mass is 10.0. The highest BCUT2D eigenvalue weighted by molar-refractivity contribution is 7.98. The molecular formula is C23H23NOS. The van der Waals surface area contributed by atoms with Crippen molar-refractivity contribution in [2.75, 3.05) is 0 Å². The van der Waals surface area contributed by atoms with Crippen molar-refractivity contribution < 1.29 is 4.79 Å². The average Bonchev–Trinajstić information content (AvgIpc) is 2.72. The van der Waals surface area contributed by atoms with Gasteiger partial charge in [0.1, 0.15) is 0 Å². The molecular weight excluding hydrogens is 338 g/mol. The van der Waals surface area contributed by atoms with Crippen molar-refractivity contribution in [1.82, 2.24) is 5.32 Å². The molecule has 0 saturated carbocycles. The number of rotatable bonds is 7. The highest BCUT2D eigenvalue weighted by Gasteiger charge is 2.16. The van der Waals surface area contributed by atoms with Gasteiger partial charge in [-0.2, -0.15) is 0 Å². The summed E-state index contributed by atoms with van der Waals surface area (Å²) < 4.78 is 0. The summed E-state index contributed by atoms with van der Waals surface area (Å²) in [6.07, 6.45) is 0.856. The first kappa shape index (κ1) is 18.3. The first-order valence-corrected chi connectivity index (χ1v) is 9.88. The summed E-state index contributed by atoms with van der Waals surface area (Å²) in [4.78, 5) is 13.9. The predicted octanol–water partition coefficient (Wildman–Crippen LogP) is 5.86. The quantitative estimate of drug-likeness (QED) is 0.534. The Hall–Kier alpha value is -2.52. The molecule has 0 spiro atoms. The fourth-order valence-corrected chi connectivity index (χ4v) is 3.86. The monoisotopic (exact) mass is 361 g/mol. The first-order chi connectivity index (χ1) is 12.8. The van der Waals surface area contributed by atoms with Crippen molar-refractivity contribution in [1.29, 1.82) is 0 Å². The molecule has 0 fully saturated rings. The van der Waals surface area contributed by atoms with Crippen LogP contribution >= 0.6 is 11.8 Å². The number of carbonyl (C=O) groups excluding carboxylic acids is 1. The van der Waals surface area contributed by atoms with Crippen LogP contribution in [-0.2, 0) is 5.75 Å². The molecule has 2 nitrogen and oxygen atoms in total. The maximum absolute atomic E-state index is 12.9. The average molecular weight is 362 g/mol. The maximum Gasteiger partial charge on any atom is 0.252 e. The fourth-order valence-electron chi connectivity index (χ4n) is 2.86. The molecule has 0 unspecified atom stereocenters. The van der Waals surface area contributed by atoms with E-state index in [1.165, 1.54) is 5.56 Å². The number of amides is 1. The molecule has 3 aromatic carbocycles. The third-order valence-electron chi connectivity index (χ3n) is 4.28. The molecule has 0 aliphatic rings. The summed E-state index contributed by atoms with van der Waals surface area (Å²) in [5, 5.41) is 3.19. The van der Waals surface area contributed by atoms with E-state index in [1.807, 2.05) is 60.7 Å². The van der Waals surface area contributed by atoms with E-state index in [2.05, 4.69) is 36.5 Å². The summed E-state index contributed by atoms with van der Waals surface area (Å²) >= 11 is 1.70. The third-order valence-corrected chi connectivity index (χ3v) is 5.43. The van der Waals surface area contributed by atoms with Gasteiger partial charge in [-0.1, -0.05) is 79.7 Å². The van der Waals surface area contributed by atoms with E-state index < -0.39 is 0 Å². The van der Waals surface area contributed by atoms with Gasteiger partial charge in [-0.3, -0.25) is 4.79 Å². The second-order valence-electron chi connectivity index (χ2n) is 6.12. The predicted molar refractivity (Wildman–Crippen MR) is 109 cm³/mol. The molecule has 0 aliphatic heterocycles. The van der Waals surface area contributed by atoms with E-state index >= 15 is 0 Å². The number of benzene rings is 3. The normalized spacial score (nSPS) is 11.7. The van der Waals surface area contributed by atoms with Gasteiger partial charge < -0.3 is 5.32 Å². The third kappa shape index (κ3) is 4.77. The minimum absolute atomic E-state index is 0.0168. The zero-order valence-electron chi connectivity index (χ0n) is 14.9. The smallest absolute Gasteiger partial charge is 0.252 e. The van der Waals surface area contributed by atoms with Gasteiger partial charge in [0.05, 0.1) is 11.6 Å². The van der Waals surface area contributed by atoms with Crippen LogP contribution in [0.4, 0.5) is 0 Å². The number of hydrogen-bond donors (Lipinski definition) is 1. The number of carbonyl (C=O) groups is 1. The molecule has 1 amide bonds. The maximum atomic E-state index is 12.9. The minimum Gasteiger partial charge on any atom is -0.345 e. The van der Waals surface area contributed by atoms with Crippen molar-refractivity contribution in [3.63, 3.8) is 0 Å². The van der Waals surface area contributed by atoms with Crippen LogP contribution in [0.3, 0.4) is 0 Å². The molecule has 0 saturated heterocycles. The van der Waals surface area contributed by atoms with Crippen molar-refractivity contribution in [3.05, 3.63) is 102 Å². The number of nitrogens with one attached hydrogen (secondary N) is 1. The van der Waals surface area contributed by atoms with Crippen LogP contribution in [-0.4, -0.2) is 5.91 Å². The molecule has 0 aromatic heterocycles. The lowest BCUT2D eigenvalue weighted by Gasteiger charge is -2.18. The standard InChI is InChI=1S/C23H23NOS/c1-2-21(19-13-7-4-8-14-19)24-23(25)20-15-9-10-16-22(20)26-17-18-11-5-3-6-12-18/h3-16,21H,2,17H2,1H3,(H,24,25)/t21-/m0/s1. The van der Waals surface area contributed by atoms with Gasteiger partial charge in [0.2, 0.25) is 0 Å². The Morgan fingerprint density at radius 3 is 2.19 bits per heavy atom. The van der Waals surface area contributed by atoms with Crippen molar-refractivity contribution in [3.8, 4) is 0 Å². The highest BCUT2D eigenvalue weighted by atomic mass is 32.2. The van der Waals surface area contributed by atoms with Crippen LogP contribution in [0.5, 0.6) is 0 Å². The molecule has 1 N–H and O–H groups in total. The Bertz CT molecular complexity index is 833. The Morgan fingerprint density at radius 1 is 0.885 bits per heavy atom. The van der Waals surface area contributed by atoms with Crippen LogP contribution < -0.4 is 5.32 Å². The van der Waals surface area contributed by atoms with Gasteiger partial charge in [0.15, 0.2) is 0 Å². The molecule has 26 heavy (non-hydrogen) atoms. The summed E-state index contributed by atoms with van der Waals surface area (Å²) in [5.74, 6) is 0.831. The van der Waals surface area contributed by atoms with Crippen LogP contribution in [0, 0.1) is 0 Å². The second kappa shape index (κ2) is 9.25. The molecule has 1 atom stereocenters. The number of thioether (sulfide) groups is 1. The van der Waals surface area contributed by atoms with Crippen molar-refractivity contribution >= 4 is 17.7 Å². The van der Waals surface area contributed by atoms with E-state index in [9.17, 15) is 4.79 Å². The Kier molecular flexibility index (Phi) is 6.50. The lowest BCUT2D eigenvalue weighted by molar-refractivity contribution is 0.0932. The molecule has 0 bridgehead atoms. The SMILES string of the molecule is CC[C@H](NC(=O)c1ccccc1SCc1ccccc1)c1ccccc1. The van der Waals surface area contributed by atoms with Crippen LogP contribution in [0.2, 0.25) is 0 Å². The van der Waals surface area contributed by atoms with Crippen LogP contribution in [0.15, 0.2) is 89.8 Å². The largest absolute Gasteiger partial charge is 0.345 e. The van der Waals surface area contributed by atoms with Gasteiger partial charge >= 0.3 is 0 Å². The van der Waals surface area contributed by atoms with E-state index in [0.29, 0.717) is 0 Å². The Labute approximate surface area is 159 Å². The van der Waals surface area contributed by atoms with Gasteiger partial charge in [0.25, 0.3) is 5.91 Å². The molecule has 3 rings (SSSR count). The van der Waals surface area contributed by atoms with Crippen LogP contribution in [0.1, 0.15) is 40.9 Å². The minimum atomic E-state index is -0.0168. The molecule has 0 radical (unpaired) electrons. The van der Waals surface area contributed by atoms with Gasteiger partial charge in [-0.05, 0) is 29.7 Å². The van der Waals surface area contributed by atoms with Crippen molar-refractivity contribution in [2.45, 2.75) is 30.0 Å². The topological polar surface area (TPSA) is 29.1 Å². The van der Waals surface area contributed by atoms with E-state index in [-0.39, 0.29) is 11.9 Å². The highest BCUT2D eigenvalue weighted by Crippen LogP contribution is 2.27. The summed E-state index contributed by atoms with van der Waals surface area (Å²) in [6.45, 7) is 2.09. The first-order valence-electron chi connectivity index (χ1n) is 8.89. The van der Waals surface area contributed by atoms with Crippen molar-refractivity contribution in [2.24, 2.45) is 0 Å². The van der Waals surface area contributed by atoms with E-state index in [0.717, 1.165) is 28.2 Å². The van der Waals surface area contributed by atoms with Gasteiger partial charge in [-0.25, -0.2) is 0 Å². The zero-order valence-corrected chi connectivity index (χ0v) is 15.7. The lowest BCUT2D eigenvalue weighted by Crippen LogP contribution is -2.28. The zero-order chi connectivity index (χ0) is 18.2. The number of hydrogen-bond acceptors (Lipinski definition) is 2. The van der Waals surface area contributed by atoms with Gasteiger partial charge in [0, 0.05) is 10.6 Å². The molecule has 132 valence electrons. The molecule has 3 heteroatoms. The molecule has 0 aliphatic carbocycles. The Morgan fingerprint density at radius 2 is 1.50 bits per heavy atom. The summed E-state index contributed by atoms with van der Waals surface area (Å²) in [6, 6.07) is 28.3. The van der Waals surface area contributed by atoms with E-state index in [1.54, 1.807) is 11.8 Å². The van der Waals surface area contributed by atoms with E-state index in [4.69, 9.17) is 0 Å². The van der Waals surface area contributed by atoms with Crippen LogP contribution in [0.25, 0.3) is 0 Å². The summed E-state index contributed by atoms with van der Waals surface area (Å²) in [5.41, 5.74) is 3.13. The second-order valence-corrected chi connectivity index (χ2v) is 7.13. The fraction of sp³-hybridized carbons (Fsp3) is 0.174. The molecule has 3 aromatic rings. The summed E-state index contributed by atoms with van der Waals surface area (Å²) in [7, 11) is 0. The Balaban J connectivity index is 1.73. The molecule has 0 heterocycles.